The summed E-state index contributed by atoms with van der Waals surface area (Å²) in [6.45, 7) is 3.45. The van der Waals surface area contributed by atoms with E-state index in [0.717, 1.165) is 5.56 Å². The highest BCUT2D eigenvalue weighted by Gasteiger charge is 1.95. The fraction of sp³-hybridized carbons (Fsp3) is 0.500. The maximum absolute atomic E-state index is 7.24. The first-order valence-corrected chi connectivity index (χ1v) is 6.78. The highest BCUT2D eigenvalue weighted by Crippen LogP contribution is 2.15. The van der Waals surface area contributed by atoms with Gasteiger partial charge >= 0.3 is 0 Å². The Morgan fingerprint density at radius 1 is 0.944 bits per heavy atom. The molecule has 1 aromatic rings. The van der Waals surface area contributed by atoms with Gasteiger partial charge in [0.05, 0.1) is 0 Å². The van der Waals surface area contributed by atoms with Crippen LogP contribution in [0.1, 0.15) is 57.9 Å². The molecule has 100 valence electrons. The van der Waals surface area contributed by atoms with E-state index < -0.39 is 0 Å². The molecule has 0 radical (unpaired) electrons. The van der Waals surface area contributed by atoms with Crippen LogP contribution in [0.4, 0.5) is 0 Å². The number of hydrogen-bond acceptors (Lipinski definition) is 2. The second-order valence-corrected chi connectivity index (χ2v) is 4.40. The molecule has 0 aliphatic heterocycles. The molecule has 2 heteroatoms. The second kappa shape index (κ2) is 12.0. The standard InChI is InChI=1S/C8H9N.C6H12.C2H5N/c1-7(9)8-5-3-2-4-6-8;1-2-4-6-5-3-1;1-2-3/h2-6,9H,1H3;1-6H2;2-3H,1H3. The summed E-state index contributed by atoms with van der Waals surface area (Å²) in [5.41, 5.74) is 1.62. The highest BCUT2D eigenvalue weighted by molar-refractivity contribution is 5.96. The minimum absolute atomic E-state index is 0.621. The molecule has 2 N–H and O–H groups in total. The molecule has 0 unspecified atom stereocenters. The molecule has 1 aliphatic rings. The first-order chi connectivity index (χ1) is 8.72. The lowest BCUT2D eigenvalue weighted by Crippen LogP contribution is -1.88. The first kappa shape index (κ1) is 16.6. The summed E-state index contributed by atoms with van der Waals surface area (Å²) in [4.78, 5) is 0. The van der Waals surface area contributed by atoms with Crippen molar-refractivity contribution in [3.63, 3.8) is 0 Å². The van der Waals surface area contributed by atoms with Gasteiger partial charge in [-0.1, -0.05) is 68.9 Å². The maximum atomic E-state index is 7.24. The smallest absolute Gasteiger partial charge is 0.0355 e. The zero-order valence-electron chi connectivity index (χ0n) is 11.7. The minimum Gasteiger partial charge on any atom is -0.313 e. The molecular formula is C16H26N2. The Morgan fingerprint density at radius 2 is 1.28 bits per heavy atom. The molecule has 2 rings (SSSR count). The van der Waals surface area contributed by atoms with Gasteiger partial charge in [0.1, 0.15) is 0 Å². The van der Waals surface area contributed by atoms with Gasteiger partial charge in [-0.15, -0.1) is 0 Å². The number of nitrogens with one attached hydrogen (secondary N) is 2. The van der Waals surface area contributed by atoms with Crippen LogP contribution in [0.3, 0.4) is 0 Å². The quantitative estimate of drug-likeness (QED) is 0.650. The molecule has 0 bridgehead atoms. The molecule has 0 atom stereocenters. The molecule has 0 amide bonds. The lowest BCUT2D eigenvalue weighted by molar-refractivity contribution is 0.504. The summed E-state index contributed by atoms with van der Waals surface area (Å²) in [6, 6.07) is 9.69. The molecule has 1 fully saturated rings. The fourth-order valence-electron chi connectivity index (χ4n) is 1.75. The van der Waals surface area contributed by atoms with Crippen molar-refractivity contribution < 1.29 is 0 Å². The predicted octanol–water partition coefficient (Wildman–Crippen LogP) is 5.07. The van der Waals surface area contributed by atoms with Crippen molar-refractivity contribution in [2.75, 3.05) is 0 Å². The van der Waals surface area contributed by atoms with Crippen molar-refractivity contribution in [1.82, 2.24) is 0 Å². The Morgan fingerprint density at radius 3 is 1.50 bits per heavy atom. The van der Waals surface area contributed by atoms with Gasteiger partial charge in [0.15, 0.2) is 0 Å². The Balaban J connectivity index is 0.000000278. The third-order valence-corrected chi connectivity index (χ3v) is 2.71. The van der Waals surface area contributed by atoms with Gasteiger partial charge in [-0.3, -0.25) is 0 Å². The molecule has 0 aromatic heterocycles. The van der Waals surface area contributed by atoms with E-state index in [1.807, 2.05) is 30.3 Å². The van der Waals surface area contributed by atoms with E-state index in [-0.39, 0.29) is 0 Å². The molecule has 0 saturated heterocycles. The van der Waals surface area contributed by atoms with E-state index in [2.05, 4.69) is 0 Å². The normalized spacial score (nSPS) is 13.2. The average Bonchev–Trinajstić information content (AvgIpc) is 2.43. The van der Waals surface area contributed by atoms with Gasteiger partial charge in [0.2, 0.25) is 0 Å². The Hall–Kier alpha value is -1.44. The van der Waals surface area contributed by atoms with Crippen molar-refractivity contribution in [2.45, 2.75) is 52.4 Å². The predicted molar refractivity (Wildman–Crippen MR) is 81.1 cm³/mol. The summed E-state index contributed by atoms with van der Waals surface area (Å²) >= 11 is 0. The number of benzene rings is 1. The molecule has 1 saturated carbocycles. The van der Waals surface area contributed by atoms with Gasteiger partial charge in [-0.05, 0) is 25.6 Å². The van der Waals surface area contributed by atoms with Gasteiger partial charge in [0, 0.05) is 5.71 Å². The molecule has 1 aliphatic carbocycles. The summed E-state index contributed by atoms with van der Waals surface area (Å²) < 4.78 is 0. The first-order valence-electron chi connectivity index (χ1n) is 6.78. The second-order valence-electron chi connectivity index (χ2n) is 4.40. The maximum Gasteiger partial charge on any atom is 0.0355 e. The SMILES string of the molecule is C1CCCCC1.CC(=N)c1ccccc1.CC=N. The Bertz CT molecular complexity index is 302. The average molecular weight is 246 g/mol. The fourth-order valence-corrected chi connectivity index (χ4v) is 1.75. The van der Waals surface area contributed by atoms with Crippen LogP contribution in [0.15, 0.2) is 30.3 Å². The summed E-state index contributed by atoms with van der Waals surface area (Å²) in [5, 5.41) is 13.3. The van der Waals surface area contributed by atoms with Crippen molar-refractivity contribution >= 4 is 11.9 Å². The van der Waals surface area contributed by atoms with Crippen molar-refractivity contribution in [2.24, 2.45) is 0 Å². The third kappa shape index (κ3) is 9.76. The Labute approximate surface area is 111 Å². The van der Waals surface area contributed by atoms with E-state index in [1.165, 1.54) is 44.7 Å². The highest BCUT2D eigenvalue weighted by atomic mass is 14.4. The monoisotopic (exact) mass is 246 g/mol. The lowest BCUT2D eigenvalue weighted by Gasteiger charge is -2.05. The number of rotatable bonds is 1. The van der Waals surface area contributed by atoms with Crippen LogP contribution in [0.5, 0.6) is 0 Å². The van der Waals surface area contributed by atoms with Gasteiger partial charge in [-0.2, -0.15) is 0 Å². The summed E-state index contributed by atoms with van der Waals surface area (Å²) in [5.74, 6) is 0. The molecule has 1 aromatic carbocycles. The van der Waals surface area contributed by atoms with E-state index in [0.29, 0.717) is 5.71 Å². The topological polar surface area (TPSA) is 47.7 Å². The zero-order valence-corrected chi connectivity index (χ0v) is 11.7. The van der Waals surface area contributed by atoms with E-state index >= 15 is 0 Å². The van der Waals surface area contributed by atoms with Crippen LogP contribution >= 0.6 is 0 Å². The molecular weight excluding hydrogens is 220 g/mol. The van der Waals surface area contributed by atoms with Gasteiger partial charge in [0.25, 0.3) is 0 Å². The van der Waals surface area contributed by atoms with Crippen LogP contribution in [0.2, 0.25) is 0 Å². The summed E-state index contributed by atoms with van der Waals surface area (Å²) in [7, 11) is 0. The van der Waals surface area contributed by atoms with E-state index in [9.17, 15) is 0 Å². The summed E-state index contributed by atoms with van der Waals surface area (Å²) in [6.07, 6.45) is 10.2. The molecule has 0 spiro atoms. The molecule has 0 heterocycles. The lowest BCUT2D eigenvalue weighted by atomic mass is 10.0. The largest absolute Gasteiger partial charge is 0.313 e. The number of hydrogen-bond donors (Lipinski definition) is 2. The van der Waals surface area contributed by atoms with E-state index in [4.69, 9.17) is 10.8 Å². The Kier molecular flexibility index (Phi) is 11.1. The van der Waals surface area contributed by atoms with E-state index in [1.54, 1.807) is 13.8 Å². The zero-order chi connectivity index (χ0) is 13.6. The van der Waals surface area contributed by atoms with Crippen LogP contribution in [0.25, 0.3) is 0 Å². The van der Waals surface area contributed by atoms with Crippen molar-refractivity contribution in [3.8, 4) is 0 Å². The van der Waals surface area contributed by atoms with Crippen molar-refractivity contribution in [3.05, 3.63) is 35.9 Å². The van der Waals surface area contributed by atoms with Crippen LogP contribution in [0, 0.1) is 10.8 Å². The van der Waals surface area contributed by atoms with Crippen molar-refractivity contribution in [1.29, 1.82) is 10.8 Å². The van der Waals surface area contributed by atoms with Gasteiger partial charge in [-0.25, -0.2) is 0 Å². The molecule has 18 heavy (non-hydrogen) atoms. The van der Waals surface area contributed by atoms with Crippen LogP contribution in [-0.2, 0) is 0 Å². The minimum atomic E-state index is 0.621. The molecule has 2 nitrogen and oxygen atoms in total. The van der Waals surface area contributed by atoms with Crippen LogP contribution in [-0.4, -0.2) is 11.9 Å². The van der Waals surface area contributed by atoms with Crippen LogP contribution < -0.4 is 0 Å². The van der Waals surface area contributed by atoms with Gasteiger partial charge < -0.3 is 10.8 Å². The third-order valence-electron chi connectivity index (χ3n) is 2.71.